The van der Waals surface area contributed by atoms with Crippen LogP contribution >= 0.6 is 0 Å². The monoisotopic (exact) mass is 379 g/mol. The van der Waals surface area contributed by atoms with Gasteiger partial charge in [0.05, 0.1) is 14.2 Å². The van der Waals surface area contributed by atoms with Crippen molar-refractivity contribution in [2.75, 3.05) is 27.6 Å². The van der Waals surface area contributed by atoms with Gasteiger partial charge in [-0.1, -0.05) is 12.1 Å². The van der Waals surface area contributed by atoms with Gasteiger partial charge in [-0.15, -0.1) is 6.58 Å². The Bertz CT molecular complexity index is 939. The Hall–Kier alpha value is -2.66. The number of hydrogen-bond donors (Lipinski definition) is 0. The van der Waals surface area contributed by atoms with Crippen molar-refractivity contribution in [3.05, 3.63) is 59.2 Å². The number of fused-ring (bicyclic) bond motifs is 5. The molecule has 2 aromatic carbocycles. The summed E-state index contributed by atoms with van der Waals surface area (Å²) in [5.41, 5.74) is 5.27. The van der Waals surface area contributed by atoms with E-state index in [9.17, 15) is 0 Å². The number of methoxy groups -OCH3 is 2. The zero-order chi connectivity index (χ0) is 19.3. The molecule has 0 fully saturated rings. The number of hydrogen-bond acceptors (Lipinski definition) is 5. The third kappa shape index (κ3) is 2.49. The van der Waals surface area contributed by atoms with Gasteiger partial charge < -0.3 is 18.9 Å². The summed E-state index contributed by atoms with van der Waals surface area (Å²) >= 11 is 0. The van der Waals surface area contributed by atoms with E-state index in [2.05, 4.69) is 29.7 Å². The summed E-state index contributed by atoms with van der Waals surface area (Å²) < 4.78 is 22.6. The third-order valence-electron chi connectivity index (χ3n) is 6.24. The average molecular weight is 379 g/mol. The van der Waals surface area contributed by atoms with Crippen LogP contribution in [-0.4, -0.2) is 32.5 Å². The van der Waals surface area contributed by atoms with Crippen LogP contribution < -0.4 is 18.9 Å². The van der Waals surface area contributed by atoms with Crippen molar-refractivity contribution in [2.45, 2.75) is 31.3 Å². The Morgan fingerprint density at radius 3 is 2.71 bits per heavy atom. The molecule has 0 N–H and O–H groups in total. The van der Waals surface area contributed by atoms with Gasteiger partial charge in [0.25, 0.3) is 0 Å². The summed E-state index contributed by atoms with van der Waals surface area (Å²) in [7, 11) is 3.42. The van der Waals surface area contributed by atoms with E-state index in [4.69, 9.17) is 18.9 Å². The predicted octanol–water partition coefficient (Wildman–Crippen LogP) is 4.21. The molecule has 0 amide bonds. The fourth-order valence-corrected chi connectivity index (χ4v) is 5.03. The van der Waals surface area contributed by atoms with Crippen molar-refractivity contribution < 1.29 is 18.9 Å². The lowest BCUT2D eigenvalue weighted by Crippen LogP contribution is -2.42. The first-order valence-electron chi connectivity index (χ1n) is 9.78. The molecular formula is C23H25NO4. The molecule has 0 aliphatic carbocycles. The molecule has 0 spiro atoms. The van der Waals surface area contributed by atoms with E-state index < -0.39 is 0 Å². The van der Waals surface area contributed by atoms with E-state index in [1.807, 2.05) is 12.1 Å². The molecule has 5 heteroatoms. The molecule has 0 bridgehead atoms. The summed E-state index contributed by atoms with van der Waals surface area (Å²) in [5.74, 6) is 3.37. The van der Waals surface area contributed by atoms with E-state index in [-0.39, 0.29) is 6.04 Å². The van der Waals surface area contributed by atoms with Crippen LogP contribution in [0.15, 0.2) is 36.9 Å². The summed E-state index contributed by atoms with van der Waals surface area (Å²) in [4.78, 5) is 2.59. The van der Waals surface area contributed by atoms with Crippen LogP contribution in [0.5, 0.6) is 23.0 Å². The number of ether oxygens (including phenoxy) is 4. The van der Waals surface area contributed by atoms with E-state index in [0.717, 1.165) is 48.8 Å². The first-order chi connectivity index (χ1) is 13.7. The predicted molar refractivity (Wildman–Crippen MR) is 107 cm³/mol. The Kier molecular flexibility index (Phi) is 4.20. The second kappa shape index (κ2) is 6.74. The highest BCUT2D eigenvalue weighted by Gasteiger charge is 2.40. The van der Waals surface area contributed by atoms with Gasteiger partial charge in [0.1, 0.15) is 0 Å². The molecule has 0 aromatic heterocycles. The highest BCUT2D eigenvalue weighted by atomic mass is 16.7. The first-order valence-corrected chi connectivity index (χ1v) is 9.78. The molecule has 0 radical (unpaired) electrons. The minimum Gasteiger partial charge on any atom is -0.493 e. The molecule has 2 atom stereocenters. The van der Waals surface area contributed by atoms with Gasteiger partial charge in [-0.2, -0.15) is 0 Å². The summed E-state index contributed by atoms with van der Waals surface area (Å²) in [6.07, 6.45) is 4.81. The van der Waals surface area contributed by atoms with Crippen LogP contribution in [0.3, 0.4) is 0 Å². The van der Waals surface area contributed by atoms with Crippen molar-refractivity contribution in [2.24, 2.45) is 0 Å². The van der Waals surface area contributed by atoms with E-state index in [0.29, 0.717) is 12.8 Å². The second-order valence-electron chi connectivity index (χ2n) is 7.53. The summed E-state index contributed by atoms with van der Waals surface area (Å²) in [5, 5.41) is 0. The van der Waals surface area contributed by atoms with Crippen LogP contribution in [0.2, 0.25) is 0 Å². The lowest BCUT2D eigenvalue weighted by molar-refractivity contribution is 0.105. The van der Waals surface area contributed by atoms with Gasteiger partial charge in [0.2, 0.25) is 6.79 Å². The largest absolute Gasteiger partial charge is 0.493 e. The van der Waals surface area contributed by atoms with Crippen LogP contribution in [0, 0.1) is 0 Å². The van der Waals surface area contributed by atoms with E-state index in [1.54, 1.807) is 14.2 Å². The molecule has 3 aliphatic heterocycles. The topological polar surface area (TPSA) is 40.2 Å². The second-order valence-corrected chi connectivity index (χ2v) is 7.53. The van der Waals surface area contributed by atoms with Crippen molar-refractivity contribution in [3.8, 4) is 23.0 Å². The quantitative estimate of drug-likeness (QED) is 0.745. The molecular weight excluding hydrogens is 354 g/mol. The minimum absolute atomic E-state index is 0.217. The zero-order valence-corrected chi connectivity index (χ0v) is 16.4. The normalized spacial score (nSPS) is 22.1. The standard InChI is InChI=1S/C23H25NO4/c1-4-5-17-22-15(6-7-19(25-2)23(22)26-3)10-18-16-12-21-20(27-13-28-21)11-14(16)8-9-24(17)18/h4,6-7,11-12,17-18H,1,5,8-10,13H2,2-3H3. The SMILES string of the molecule is C=CCC1c2c(ccc(OC)c2OC)CC2c3cc4c(cc3CCN21)OCO4. The molecule has 28 heavy (non-hydrogen) atoms. The van der Waals surface area contributed by atoms with Crippen molar-refractivity contribution in [1.29, 1.82) is 0 Å². The van der Waals surface area contributed by atoms with E-state index >= 15 is 0 Å². The van der Waals surface area contributed by atoms with Gasteiger partial charge in [-0.05, 0) is 54.2 Å². The van der Waals surface area contributed by atoms with E-state index in [1.165, 1.54) is 22.3 Å². The molecule has 0 saturated heterocycles. The fourth-order valence-electron chi connectivity index (χ4n) is 5.03. The summed E-state index contributed by atoms with van der Waals surface area (Å²) in [6.45, 7) is 5.33. The molecule has 2 aromatic rings. The van der Waals surface area contributed by atoms with Crippen molar-refractivity contribution in [1.82, 2.24) is 4.90 Å². The zero-order valence-electron chi connectivity index (χ0n) is 16.4. The molecule has 3 heterocycles. The molecule has 5 nitrogen and oxygen atoms in total. The van der Waals surface area contributed by atoms with Gasteiger partial charge in [-0.3, -0.25) is 4.90 Å². The molecule has 2 unspecified atom stereocenters. The van der Waals surface area contributed by atoms with Crippen LogP contribution in [-0.2, 0) is 12.8 Å². The highest BCUT2D eigenvalue weighted by Crippen LogP contribution is 2.51. The molecule has 0 saturated carbocycles. The first kappa shape index (κ1) is 17.4. The smallest absolute Gasteiger partial charge is 0.231 e. The van der Waals surface area contributed by atoms with Gasteiger partial charge in [-0.25, -0.2) is 0 Å². The average Bonchev–Trinajstić information content (AvgIpc) is 3.18. The van der Waals surface area contributed by atoms with Crippen molar-refractivity contribution in [3.63, 3.8) is 0 Å². The lowest BCUT2D eigenvalue weighted by Gasteiger charge is -2.47. The molecule has 5 rings (SSSR count). The Labute approximate surface area is 165 Å². The minimum atomic E-state index is 0.217. The van der Waals surface area contributed by atoms with Gasteiger partial charge in [0, 0.05) is 24.2 Å². The number of rotatable bonds is 4. The maximum absolute atomic E-state index is 5.80. The Morgan fingerprint density at radius 1 is 1.14 bits per heavy atom. The third-order valence-corrected chi connectivity index (χ3v) is 6.24. The maximum atomic E-state index is 5.80. The number of benzene rings is 2. The number of nitrogens with zero attached hydrogens (tertiary/aromatic N) is 1. The van der Waals surface area contributed by atoms with Crippen molar-refractivity contribution >= 4 is 0 Å². The summed E-state index contributed by atoms with van der Waals surface area (Å²) in [6, 6.07) is 9.09. The van der Waals surface area contributed by atoms with Crippen LogP contribution in [0.25, 0.3) is 0 Å². The maximum Gasteiger partial charge on any atom is 0.231 e. The van der Waals surface area contributed by atoms with Crippen LogP contribution in [0.1, 0.15) is 40.8 Å². The Morgan fingerprint density at radius 2 is 1.96 bits per heavy atom. The Balaban J connectivity index is 1.64. The van der Waals surface area contributed by atoms with Gasteiger partial charge in [0.15, 0.2) is 23.0 Å². The van der Waals surface area contributed by atoms with Crippen LogP contribution in [0.4, 0.5) is 0 Å². The fraction of sp³-hybridized carbons (Fsp3) is 0.391. The van der Waals surface area contributed by atoms with Gasteiger partial charge >= 0.3 is 0 Å². The molecule has 146 valence electrons. The highest BCUT2D eigenvalue weighted by molar-refractivity contribution is 5.56. The lowest BCUT2D eigenvalue weighted by atomic mass is 9.79. The molecule has 3 aliphatic rings.